The van der Waals surface area contributed by atoms with Crippen LogP contribution in [0.5, 0.6) is 0 Å². The third-order valence-corrected chi connectivity index (χ3v) is 3.42. The number of hydrogen-bond acceptors (Lipinski definition) is 5. The summed E-state index contributed by atoms with van der Waals surface area (Å²) in [6.07, 6.45) is 0.790. The normalized spacial score (nSPS) is 22.4. The number of Topliss-reactive ketones (excluding diaryl/α,β-unsaturated/α-hetero) is 1. The van der Waals surface area contributed by atoms with Crippen LogP contribution in [-0.2, 0) is 25.2 Å². The van der Waals surface area contributed by atoms with Crippen molar-refractivity contribution < 1.29 is 31.8 Å². The number of nitrogens with one attached hydrogen (secondary N) is 1. The van der Waals surface area contributed by atoms with Gasteiger partial charge in [-0.05, 0) is 19.1 Å². The number of hydrogen-bond donors (Lipinski definition) is 2. The number of ketones is 1. The van der Waals surface area contributed by atoms with Gasteiger partial charge in [0, 0.05) is 11.6 Å². The van der Waals surface area contributed by atoms with Gasteiger partial charge in [0.1, 0.15) is 11.6 Å². The lowest BCUT2D eigenvalue weighted by Gasteiger charge is -2.23. The molecule has 0 saturated carbocycles. The predicted molar refractivity (Wildman–Crippen MR) is 67.4 cm³/mol. The minimum Gasteiger partial charge on any atom is -0.501 e. The number of halogens is 2. The molecule has 114 valence electrons. The van der Waals surface area contributed by atoms with Crippen LogP contribution in [0.4, 0.5) is 8.78 Å². The van der Waals surface area contributed by atoms with E-state index in [9.17, 15) is 27.1 Å². The monoisotopic (exact) mass is 319 g/mol. The van der Waals surface area contributed by atoms with Gasteiger partial charge in [0.15, 0.2) is 5.60 Å². The highest BCUT2D eigenvalue weighted by Crippen LogP contribution is 2.37. The van der Waals surface area contributed by atoms with E-state index in [1.54, 1.807) is 0 Å². The molecule has 21 heavy (non-hydrogen) atoms. The maximum absolute atomic E-state index is 13.2. The maximum Gasteiger partial charge on any atom is 0.250 e. The SMILES string of the molecule is CC1(c2cc(F)cc(F)c2)OC(NS(C)(=O)=O)=C(O)C1=O. The van der Waals surface area contributed by atoms with Crippen molar-refractivity contribution in [1.29, 1.82) is 0 Å². The fourth-order valence-electron chi connectivity index (χ4n) is 1.88. The van der Waals surface area contributed by atoms with E-state index in [0.717, 1.165) is 25.3 Å². The van der Waals surface area contributed by atoms with E-state index in [2.05, 4.69) is 0 Å². The van der Waals surface area contributed by atoms with Gasteiger partial charge in [-0.3, -0.25) is 9.52 Å². The number of ether oxygens (including phenoxy) is 1. The van der Waals surface area contributed by atoms with E-state index in [-0.39, 0.29) is 5.56 Å². The molecule has 1 aromatic carbocycles. The lowest BCUT2D eigenvalue weighted by molar-refractivity contribution is -0.131. The molecule has 0 aromatic heterocycles. The van der Waals surface area contributed by atoms with E-state index in [4.69, 9.17) is 4.74 Å². The molecule has 6 nitrogen and oxygen atoms in total. The summed E-state index contributed by atoms with van der Waals surface area (Å²) in [5, 5.41) is 9.65. The molecule has 2 rings (SSSR count). The van der Waals surface area contributed by atoms with Crippen molar-refractivity contribution >= 4 is 15.8 Å². The Balaban J connectivity index is 2.45. The summed E-state index contributed by atoms with van der Waals surface area (Å²) >= 11 is 0. The molecule has 0 radical (unpaired) electrons. The van der Waals surface area contributed by atoms with Gasteiger partial charge in [-0.1, -0.05) is 0 Å². The molecule has 0 amide bonds. The first-order valence-electron chi connectivity index (χ1n) is 5.64. The molecule has 0 saturated heterocycles. The predicted octanol–water partition coefficient (Wildman–Crippen LogP) is 1.06. The first-order chi connectivity index (χ1) is 9.53. The minimum atomic E-state index is -3.81. The maximum atomic E-state index is 13.2. The fraction of sp³-hybridized carbons (Fsp3) is 0.250. The lowest BCUT2D eigenvalue weighted by atomic mass is 9.91. The van der Waals surface area contributed by atoms with Crippen molar-refractivity contribution in [3.8, 4) is 0 Å². The van der Waals surface area contributed by atoms with Crippen molar-refractivity contribution in [3.05, 3.63) is 47.0 Å². The van der Waals surface area contributed by atoms with Crippen LogP contribution in [-0.4, -0.2) is 25.6 Å². The molecule has 0 bridgehead atoms. The largest absolute Gasteiger partial charge is 0.501 e. The van der Waals surface area contributed by atoms with E-state index < -0.39 is 44.7 Å². The van der Waals surface area contributed by atoms with Crippen LogP contribution in [0.3, 0.4) is 0 Å². The summed E-state index contributed by atoms with van der Waals surface area (Å²) in [5.74, 6) is -4.54. The van der Waals surface area contributed by atoms with Crippen LogP contribution in [0, 0.1) is 11.6 Å². The number of aliphatic hydroxyl groups excluding tert-OH is 1. The lowest BCUT2D eigenvalue weighted by Crippen LogP contribution is -2.32. The quantitative estimate of drug-likeness (QED) is 0.869. The van der Waals surface area contributed by atoms with Crippen molar-refractivity contribution in [1.82, 2.24) is 4.72 Å². The Morgan fingerprint density at radius 3 is 2.24 bits per heavy atom. The first-order valence-corrected chi connectivity index (χ1v) is 7.53. The second-order valence-electron chi connectivity index (χ2n) is 4.67. The van der Waals surface area contributed by atoms with Crippen LogP contribution in [0.2, 0.25) is 0 Å². The Morgan fingerprint density at radius 1 is 1.24 bits per heavy atom. The minimum absolute atomic E-state index is 0.193. The van der Waals surface area contributed by atoms with Gasteiger partial charge in [0.05, 0.1) is 6.26 Å². The number of carbonyl (C=O) groups excluding carboxylic acids is 1. The van der Waals surface area contributed by atoms with Gasteiger partial charge in [-0.15, -0.1) is 0 Å². The van der Waals surface area contributed by atoms with E-state index in [0.29, 0.717) is 6.07 Å². The first kappa shape index (κ1) is 15.2. The number of rotatable bonds is 3. The second kappa shape index (κ2) is 4.69. The average molecular weight is 319 g/mol. The van der Waals surface area contributed by atoms with Gasteiger partial charge < -0.3 is 9.84 Å². The molecule has 0 aliphatic carbocycles. The van der Waals surface area contributed by atoms with Crippen molar-refractivity contribution in [2.75, 3.05) is 6.26 Å². The highest BCUT2D eigenvalue weighted by atomic mass is 32.2. The molecule has 0 spiro atoms. The van der Waals surface area contributed by atoms with E-state index in [1.807, 2.05) is 4.72 Å². The molecule has 1 aliphatic heterocycles. The van der Waals surface area contributed by atoms with Gasteiger partial charge in [0.25, 0.3) is 5.78 Å². The van der Waals surface area contributed by atoms with Crippen LogP contribution < -0.4 is 4.72 Å². The summed E-state index contributed by atoms with van der Waals surface area (Å²) in [5.41, 5.74) is -2.12. The molecule has 1 aromatic rings. The van der Waals surface area contributed by atoms with Crippen LogP contribution in [0.25, 0.3) is 0 Å². The molecule has 0 fully saturated rings. The van der Waals surface area contributed by atoms with Crippen LogP contribution in [0.15, 0.2) is 29.8 Å². The molecule has 1 aliphatic rings. The van der Waals surface area contributed by atoms with Gasteiger partial charge >= 0.3 is 0 Å². The smallest absolute Gasteiger partial charge is 0.250 e. The van der Waals surface area contributed by atoms with Gasteiger partial charge in [-0.25, -0.2) is 17.2 Å². The Bertz CT molecular complexity index is 739. The van der Waals surface area contributed by atoms with E-state index >= 15 is 0 Å². The Labute approximate surface area is 119 Å². The topological polar surface area (TPSA) is 92.7 Å². The molecule has 9 heteroatoms. The van der Waals surface area contributed by atoms with Crippen molar-refractivity contribution in [2.45, 2.75) is 12.5 Å². The molecule has 1 atom stereocenters. The van der Waals surface area contributed by atoms with Gasteiger partial charge in [-0.2, -0.15) is 0 Å². The molecule has 1 unspecified atom stereocenters. The van der Waals surface area contributed by atoms with Crippen LogP contribution >= 0.6 is 0 Å². The molecular weight excluding hydrogens is 308 g/mol. The number of sulfonamides is 1. The zero-order valence-electron chi connectivity index (χ0n) is 11.0. The van der Waals surface area contributed by atoms with Gasteiger partial charge in [0.2, 0.25) is 21.7 Å². The summed E-state index contributed by atoms with van der Waals surface area (Å²) in [7, 11) is -3.81. The highest BCUT2D eigenvalue weighted by molar-refractivity contribution is 7.88. The standard InChI is InChI=1S/C12H11F2NO5S/c1-12(6-3-7(13)5-8(14)4-6)10(17)9(16)11(20-12)15-21(2,18)19/h3-5,15-16H,1-2H3. The number of aliphatic hydroxyl groups is 1. The zero-order chi connectivity index (χ0) is 16.0. The van der Waals surface area contributed by atoms with Crippen molar-refractivity contribution in [2.24, 2.45) is 0 Å². The van der Waals surface area contributed by atoms with Crippen LogP contribution in [0.1, 0.15) is 12.5 Å². The summed E-state index contributed by atoms with van der Waals surface area (Å²) in [4.78, 5) is 12.0. The molecule has 2 N–H and O–H groups in total. The third kappa shape index (κ3) is 2.82. The second-order valence-corrected chi connectivity index (χ2v) is 6.42. The zero-order valence-corrected chi connectivity index (χ0v) is 11.8. The third-order valence-electron chi connectivity index (χ3n) is 2.86. The highest BCUT2D eigenvalue weighted by Gasteiger charge is 2.48. The summed E-state index contributed by atoms with van der Waals surface area (Å²) in [6.45, 7) is 1.16. The average Bonchev–Trinajstić information content (AvgIpc) is 2.52. The molecular formula is C12H11F2NO5S. The summed E-state index contributed by atoms with van der Waals surface area (Å²) < 4.78 is 55.7. The number of carbonyl (C=O) groups is 1. The molecule has 1 heterocycles. The summed E-state index contributed by atoms with van der Waals surface area (Å²) in [6, 6.07) is 2.32. The number of benzene rings is 1. The Hall–Kier alpha value is -2.16. The Morgan fingerprint density at radius 2 is 1.76 bits per heavy atom. The Kier molecular flexibility index (Phi) is 3.40. The van der Waals surface area contributed by atoms with Crippen molar-refractivity contribution in [3.63, 3.8) is 0 Å². The van der Waals surface area contributed by atoms with E-state index in [1.165, 1.54) is 0 Å². The fourth-order valence-corrected chi connectivity index (χ4v) is 2.36.